The number of aliphatic hydroxyl groups is 1. The van der Waals surface area contributed by atoms with E-state index >= 15 is 0 Å². The van der Waals surface area contributed by atoms with E-state index in [0.29, 0.717) is 31.9 Å². The van der Waals surface area contributed by atoms with Gasteiger partial charge in [0, 0.05) is 6.54 Å². The topological polar surface area (TPSA) is 76.1 Å². The number of rotatable bonds is 2. The number of carbonyl (C=O) groups is 2. The van der Waals surface area contributed by atoms with Gasteiger partial charge in [0.15, 0.2) is 0 Å². The largest absolute Gasteiger partial charge is 0.464 e. The van der Waals surface area contributed by atoms with E-state index in [-0.39, 0.29) is 18.0 Å². The summed E-state index contributed by atoms with van der Waals surface area (Å²) >= 11 is 0. The van der Waals surface area contributed by atoms with Crippen molar-refractivity contribution in [2.45, 2.75) is 44.8 Å². The summed E-state index contributed by atoms with van der Waals surface area (Å²) in [6, 6.07) is -0.589. The van der Waals surface area contributed by atoms with Crippen LogP contribution < -0.4 is 0 Å². The van der Waals surface area contributed by atoms with Crippen molar-refractivity contribution < 1.29 is 24.2 Å². The molecule has 0 unspecified atom stereocenters. The van der Waals surface area contributed by atoms with Gasteiger partial charge in [-0.2, -0.15) is 0 Å². The Morgan fingerprint density at radius 1 is 1.25 bits per heavy atom. The summed E-state index contributed by atoms with van der Waals surface area (Å²) in [7, 11) is 1.32. The molecule has 114 valence electrons. The predicted octanol–water partition coefficient (Wildman–Crippen LogP) is 1.17. The molecule has 20 heavy (non-hydrogen) atoms. The Bertz CT molecular complexity index is 373. The minimum absolute atomic E-state index is 0.272. The van der Waals surface area contributed by atoms with Crippen LogP contribution in [-0.2, 0) is 14.3 Å². The number of nitrogens with zero attached hydrogens (tertiary/aromatic N) is 1. The molecule has 0 radical (unpaired) electrons. The van der Waals surface area contributed by atoms with Gasteiger partial charge >= 0.3 is 12.1 Å². The van der Waals surface area contributed by atoms with Crippen molar-refractivity contribution in [1.82, 2.24) is 4.90 Å². The number of amides is 1. The number of hydrogen-bond donors (Lipinski definition) is 1. The quantitative estimate of drug-likeness (QED) is 0.771. The minimum atomic E-state index is -0.589. The molecular weight excluding hydrogens is 262 g/mol. The molecule has 4 atom stereocenters. The molecule has 1 N–H and O–H groups in total. The summed E-state index contributed by atoms with van der Waals surface area (Å²) in [5.41, 5.74) is 0. The number of methoxy groups -OCH3 is 1. The number of carbonyl (C=O) groups excluding carboxylic acids is 2. The van der Waals surface area contributed by atoms with Crippen molar-refractivity contribution in [3.8, 4) is 0 Å². The summed E-state index contributed by atoms with van der Waals surface area (Å²) in [6.45, 7) is 2.55. The van der Waals surface area contributed by atoms with Crippen molar-refractivity contribution in [2.75, 3.05) is 20.3 Å². The Morgan fingerprint density at radius 3 is 2.65 bits per heavy atom. The van der Waals surface area contributed by atoms with Crippen molar-refractivity contribution in [1.29, 1.82) is 0 Å². The van der Waals surface area contributed by atoms with Gasteiger partial charge in [-0.25, -0.2) is 9.59 Å². The average molecular weight is 285 g/mol. The fourth-order valence-electron chi connectivity index (χ4n) is 3.41. The molecule has 0 spiro atoms. The zero-order chi connectivity index (χ0) is 14.7. The van der Waals surface area contributed by atoms with Gasteiger partial charge in [-0.3, -0.25) is 4.90 Å². The fraction of sp³-hybridized carbons (Fsp3) is 0.857. The number of hydrogen-bond acceptors (Lipinski definition) is 5. The first-order chi connectivity index (χ1) is 9.56. The van der Waals surface area contributed by atoms with Crippen LogP contribution in [0.25, 0.3) is 0 Å². The molecule has 1 amide bonds. The van der Waals surface area contributed by atoms with Gasteiger partial charge in [0.1, 0.15) is 6.04 Å². The first kappa shape index (κ1) is 15.1. The molecule has 1 aliphatic heterocycles. The summed E-state index contributed by atoms with van der Waals surface area (Å²) in [6.07, 6.45) is 2.14. The standard InChI is InChI=1S/C14H23NO5/c1-3-20-13(17)12-7-10-6-11(16)5-4-9(10)8-15(12)14(18)19-2/h9-12,16H,3-8H2,1-2H3/t9-,10+,11+,12-/m1/s1. The zero-order valence-corrected chi connectivity index (χ0v) is 12.1. The highest BCUT2D eigenvalue weighted by molar-refractivity contribution is 5.81. The van der Waals surface area contributed by atoms with Crippen LogP contribution in [0.4, 0.5) is 4.79 Å². The van der Waals surface area contributed by atoms with E-state index in [9.17, 15) is 14.7 Å². The van der Waals surface area contributed by atoms with E-state index in [1.807, 2.05) is 0 Å². The molecule has 0 aromatic heterocycles. The lowest BCUT2D eigenvalue weighted by atomic mass is 9.72. The monoisotopic (exact) mass is 285 g/mol. The van der Waals surface area contributed by atoms with Crippen LogP contribution in [0.5, 0.6) is 0 Å². The van der Waals surface area contributed by atoms with E-state index in [2.05, 4.69) is 0 Å². The average Bonchev–Trinajstić information content (AvgIpc) is 2.45. The molecule has 2 rings (SSSR count). The number of piperidine rings is 1. The second-order valence-corrected chi connectivity index (χ2v) is 5.61. The minimum Gasteiger partial charge on any atom is -0.464 e. The summed E-state index contributed by atoms with van der Waals surface area (Å²) in [5, 5.41) is 9.78. The van der Waals surface area contributed by atoms with Gasteiger partial charge < -0.3 is 14.6 Å². The number of likely N-dealkylation sites (tertiary alicyclic amines) is 1. The van der Waals surface area contributed by atoms with Crippen LogP contribution >= 0.6 is 0 Å². The third-order valence-electron chi connectivity index (χ3n) is 4.41. The molecule has 1 aliphatic carbocycles. The number of fused-ring (bicyclic) bond motifs is 1. The second kappa shape index (κ2) is 6.43. The maximum atomic E-state index is 12.1. The van der Waals surface area contributed by atoms with Crippen LogP contribution in [0.1, 0.15) is 32.6 Å². The van der Waals surface area contributed by atoms with Crippen molar-refractivity contribution in [2.24, 2.45) is 11.8 Å². The Kier molecular flexibility index (Phi) is 4.86. The molecule has 0 aromatic rings. The van der Waals surface area contributed by atoms with Crippen LogP contribution in [-0.4, -0.2) is 54.5 Å². The lowest BCUT2D eigenvalue weighted by molar-refractivity contribution is -0.152. The first-order valence-corrected chi connectivity index (χ1v) is 7.26. The second-order valence-electron chi connectivity index (χ2n) is 5.61. The highest BCUT2D eigenvalue weighted by Crippen LogP contribution is 2.39. The van der Waals surface area contributed by atoms with E-state index in [1.165, 1.54) is 12.0 Å². The molecule has 6 heteroatoms. The van der Waals surface area contributed by atoms with Crippen molar-refractivity contribution >= 4 is 12.1 Å². The van der Waals surface area contributed by atoms with Crippen LogP contribution in [0, 0.1) is 11.8 Å². The van der Waals surface area contributed by atoms with Gasteiger partial charge in [0.2, 0.25) is 0 Å². The zero-order valence-electron chi connectivity index (χ0n) is 12.1. The Balaban J connectivity index is 2.13. The van der Waals surface area contributed by atoms with Crippen LogP contribution in [0.2, 0.25) is 0 Å². The van der Waals surface area contributed by atoms with Crippen LogP contribution in [0.3, 0.4) is 0 Å². The molecule has 2 aliphatic rings. The normalized spacial score (nSPS) is 33.2. The fourth-order valence-corrected chi connectivity index (χ4v) is 3.41. The molecular formula is C14H23NO5. The number of ether oxygens (including phenoxy) is 2. The van der Waals surface area contributed by atoms with Gasteiger partial charge in [0.25, 0.3) is 0 Å². The van der Waals surface area contributed by atoms with Gasteiger partial charge in [-0.05, 0) is 44.4 Å². The summed E-state index contributed by atoms with van der Waals surface area (Å²) in [4.78, 5) is 25.4. The maximum Gasteiger partial charge on any atom is 0.410 e. The SMILES string of the molecule is CCOC(=O)[C@H]1C[C@@H]2C[C@@H](O)CC[C@@H]2CN1C(=O)OC. The van der Waals surface area contributed by atoms with Crippen molar-refractivity contribution in [3.63, 3.8) is 0 Å². The molecule has 0 bridgehead atoms. The molecule has 2 fully saturated rings. The van der Waals surface area contributed by atoms with Crippen molar-refractivity contribution in [3.05, 3.63) is 0 Å². The van der Waals surface area contributed by atoms with E-state index < -0.39 is 12.1 Å². The molecule has 1 heterocycles. The Labute approximate surface area is 119 Å². The number of aliphatic hydroxyl groups excluding tert-OH is 1. The highest BCUT2D eigenvalue weighted by atomic mass is 16.6. The van der Waals surface area contributed by atoms with Gasteiger partial charge in [-0.15, -0.1) is 0 Å². The molecule has 1 saturated carbocycles. The molecule has 1 saturated heterocycles. The Hall–Kier alpha value is -1.30. The number of esters is 1. The third kappa shape index (κ3) is 3.06. The summed E-state index contributed by atoms with van der Waals surface area (Å²) in [5.74, 6) is 0.230. The summed E-state index contributed by atoms with van der Waals surface area (Å²) < 4.78 is 9.84. The Morgan fingerprint density at radius 2 is 2.00 bits per heavy atom. The van der Waals surface area contributed by atoms with E-state index in [0.717, 1.165) is 12.8 Å². The lowest BCUT2D eigenvalue weighted by Crippen LogP contribution is -2.55. The lowest BCUT2D eigenvalue weighted by Gasteiger charge is -2.45. The molecule has 6 nitrogen and oxygen atoms in total. The van der Waals surface area contributed by atoms with E-state index in [1.54, 1.807) is 6.92 Å². The van der Waals surface area contributed by atoms with Crippen LogP contribution in [0.15, 0.2) is 0 Å². The highest BCUT2D eigenvalue weighted by Gasteiger charge is 2.44. The third-order valence-corrected chi connectivity index (χ3v) is 4.41. The first-order valence-electron chi connectivity index (χ1n) is 7.26. The smallest absolute Gasteiger partial charge is 0.410 e. The predicted molar refractivity (Wildman–Crippen MR) is 71.0 cm³/mol. The maximum absolute atomic E-state index is 12.1. The van der Waals surface area contributed by atoms with E-state index in [4.69, 9.17) is 9.47 Å². The van der Waals surface area contributed by atoms with Gasteiger partial charge in [0.05, 0.1) is 19.8 Å². The molecule has 0 aromatic carbocycles. The van der Waals surface area contributed by atoms with Gasteiger partial charge in [-0.1, -0.05) is 0 Å².